The smallest absolute Gasteiger partial charge is 0.169 e. The minimum absolute atomic E-state index is 0.102. The van der Waals surface area contributed by atoms with Crippen molar-refractivity contribution in [3.8, 4) is 21.7 Å². The number of aromatic nitrogens is 3. The van der Waals surface area contributed by atoms with Gasteiger partial charge in [-0.2, -0.15) is 5.10 Å². The van der Waals surface area contributed by atoms with Crippen molar-refractivity contribution >= 4 is 17.1 Å². The van der Waals surface area contributed by atoms with Gasteiger partial charge < -0.3 is 0 Å². The van der Waals surface area contributed by atoms with Gasteiger partial charge in [0, 0.05) is 22.8 Å². The molecular formula is C21H17N3OS. The van der Waals surface area contributed by atoms with Crippen molar-refractivity contribution in [3.05, 3.63) is 83.6 Å². The Bertz CT molecular complexity index is 1050. The van der Waals surface area contributed by atoms with Crippen LogP contribution in [0.25, 0.3) is 21.7 Å². The Hall–Kier alpha value is -3.05. The molecule has 4 rings (SSSR count). The molecule has 0 amide bonds. The van der Waals surface area contributed by atoms with E-state index in [0.29, 0.717) is 6.54 Å². The second-order valence-corrected chi connectivity index (χ2v) is 7.10. The number of carbonyl (C=O) groups is 1. The van der Waals surface area contributed by atoms with Gasteiger partial charge in [0.05, 0.1) is 22.8 Å². The molecule has 4 nitrogen and oxygen atoms in total. The van der Waals surface area contributed by atoms with Crippen molar-refractivity contribution in [2.24, 2.45) is 0 Å². The van der Waals surface area contributed by atoms with Crippen molar-refractivity contribution in [1.29, 1.82) is 0 Å². The van der Waals surface area contributed by atoms with E-state index in [4.69, 9.17) is 0 Å². The number of rotatable bonds is 5. The van der Waals surface area contributed by atoms with Crippen LogP contribution in [-0.2, 0) is 6.54 Å². The van der Waals surface area contributed by atoms with E-state index in [0.717, 1.165) is 32.3 Å². The standard InChI is InChI=1S/C21H17N3OS/c1-15(25)20-8-9-21(26-20)17-6-4-5-16(13-17)19-10-12-24(23-19)14-18-7-2-3-11-22-18/h2-13H,14H2,1H3. The third-order valence-electron chi connectivity index (χ3n) is 4.09. The number of hydrogen-bond donors (Lipinski definition) is 0. The van der Waals surface area contributed by atoms with Gasteiger partial charge in [-0.1, -0.05) is 24.3 Å². The van der Waals surface area contributed by atoms with Gasteiger partial charge in [0.2, 0.25) is 0 Å². The number of benzene rings is 1. The SMILES string of the molecule is CC(=O)c1ccc(-c2cccc(-c3ccn(Cc4ccccn4)n3)c2)s1. The minimum atomic E-state index is 0.102. The summed E-state index contributed by atoms with van der Waals surface area (Å²) in [7, 11) is 0. The van der Waals surface area contributed by atoms with E-state index in [1.54, 1.807) is 13.1 Å². The summed E-state index contributed by atoms with van der Waals surface area (Å²) >= 11 is 1.52. The van der Waals surface area contributed by atoms with E-state index in [-0.39, 0.29) is 5.78 Å². The topological polar surface area (TPSA) is 47.8 Å². The highest BCUT2D eigenvalue weighted by Crippen LogP contribution is 2.31. The zero-order chi connectivity index (χ0) is 17.9. The molecule has 0 aliphatic heterocycles. The zero-order valence-electron chi connectivity index (χ0n) is 14.3. The number of Topliss-reactive ketones (excluding diaryl/α,β-unsaturated/α-hetero) is 1. The number of pyridine rings is 1. The number of thiophene rings is 1. The van der Waals surface area contributed by atoms with Crippen molar-refractivity contribution in [2.45, 2.75) is 13.5 Å². The van der Waals surface area contributed by atoms with Crippen LogP contribution >= 0.6 is 11.3 Å². The van der Waals surface area contributed by atoms with Gasteiger partial charge in [-0.15, -0.1) is 11.3 Å². The lowest BCUT2D eigenvalue weighted by atomic mass is 10.1. The summed E-state index contributed by atoms with van der Waals surface area (Å²) in [4.78, 5) is 17.7. The fourth-order valence-corrected chi connectivity index (χ4v) is 3.67. The molecule has 0 unspecified atom stereocenters. The number of nitrogens with zero attached hydrogens (tertiary/aromatic N) is 3. The van der Waals surface area contributed by atoms with E-state index in [1.165, 1.54) is 11.3 Å². The molecule has 5 heteroatoms. The predicted molar refractivity (Wildman–Crippen MR) is 104 cm³/mol. The van der Waals surface area contributed by atoms with E-state index < -0.39 is 0 Å². The number of carbonyl (C=O) groups excluding carboxylic acids is 1. The molecule has 0 fully saturated rings. The molecule has 0 aliphatic rings. The third-order valence-corrected chi connectivity index (χ3v) is 5.32. The van der Waals surface area contributed by atoms with Gasteiger partial charge >= 0.3 is 0 Å². The second kappa shape index (κ2) is 7.06. The average molecular weight is 359 g/mol. The molecule has 1 aromatic carbocycles. The van der Waals surface area contributed by atoms with Crippen LogP contribution in [0.15, 0.2) is 73.1 Å². The quantitative estimate of drug-likeness (QED) is 0.475. The lowest BCUT2D eigenvalue weighted by Gasteiger charge is -2.03. The molecular weight excluding hydrogens is 342 g/mol. The summed E-state index contributed by atoms with van der Waals surface area (Å²) < 4.78 is 1.89. The van der Waals surface area contributed by atoms with Crippen molar-refractivity contribution in [2.75, 3.05) is 0 Å². The van der Waals surface area contributed by atoms with Crippen LogP contribution < -0.4 is 0 Å². The molecule has 0 spiro atoms. The summed E-state index contributed by atoms with van der Waals surface area (Å²) in [5.74, 6) is 0.102. The predicted octanol–water partition coefficient (Wildman–Crippen LogP) is 4.92. The molecule has 0 N–H and O–H groups in total. The first-order valence-electron chi connectivity index (χ1n) is 8.34. The Morgan fingerprint density at radius 3 is 2.69 bits per heavy atom. The molecule has 26 heavy (non-hydrogen) atoms. The van der Waals surface area contributed by atoms with Gasteiger partial charge in [-0.25, -0.2) is 0 Å². The molecule has 0 aliphatic carbocycles. The fourth-order valence-electron chi connectivity index (χ4n) is 2.78. The third kappa shape index (κ3) is 3.48. The van der Waals surface area contributed by atoms with Crippen LogP contribution in [-0.4, -0.2) is 20.5 Å². The first-order chi connectivity index (χ1) is 12.7. The Morgan fingerprint density at radius 1 is 1.04 bits per heavy atom. The van der Waals surface area contributed by atoms with Crippen molar-refractivity contribution in [1.82, 2.24) is 14.8 Å². The summed E-state index contributed by atoms with van der Waals surface area (Å²) in [5.41, 5.74) is 4.05. The molecule has 3 heterocycles. The summed E-state index contributed by atoms with van der Waals surface area (Å²) in [6.45, 7) is 2.24. The number of hydrogen-bond acceptors (Lipinski definition) is 4. The highest BCUT2D eigenvalue weighted by atomic mass is 32.1. The van der Waals surface area contributed by atoms with Crippen LogP contribution in [0.3, 0.4) is 0 Å². The van der Waals surface area contributed by atoms with Gasteiger partial charge in [0.1, 0.15) is 0 Å². The van der Waals surface area contributed by atoms with Gasteiger partial charge in [0.15, 0.2) is 5.78 Å². The fraction of sp³-hybridized carbons (Fsp3) is 0.0952. The van der Waals surface area contributed by atoms with Crippen LogP contribution in [0.5, 0.6) is 0 Å². The largest absolute Gasteiger partial charge is 0.294 e. The maximum atomic E-state index is 11.5. The van der Waals surface area contributed by atoms with Crippen molar-refractivity contribution < 1.29 is 4.79 Å². The number of ketones is 1. The molecule has 0 saturated carbocycles. The Labute approximate surface area is 155 Å². The molecule has 4 aromatic rings. The lowest BCUT2D eigenvalue weighted by Crippen LogP contribution is -2.01. The monoisotopic (exact) mass is 359 g/mol. The van der Waals surface area contributed by atoms with E-state index >= 15 is 0 Å². The Morgan fingerprint density at radius 2 is 1.92 bits per heavy atom. The summed E-state index contributed by atoms with van der Waals surface area (Å²) in [5, 5.41) is 4.67. The minimum Gasteiger partial charge on any atom is -0.294 e. The highest BCUT2D eigenvalue weighted by molar-refractivity contribution is 7.17. The molecule has 3 aromatic heterocycles. The Balaban J connectivity index is 1.59. The van der Waals surface area contributed by atoms with Gasteiger partial charge in [-0.3, -0.25) is 14.5 Å². The molecule has 0 atom stereocenters. The average Bonchev–Trinajstić information content (AvgIpc) is 3.33. The lowest BCUT2D eigenvalue weighted by molar-refractivity contribution is 0.102. The summed E-state index contributed by atoms with van der Waals surface area (Å²) in [6.07, 6.45) is 3.76. The normalized spacial score (nSPS) is 10.8. The highest BCUT2D eigenvalue weighted by Gasteiger charge is 2.09. The first kappa shape index (κ1) is 16.4. The first-order valence-corrected chi connectivity index (χ1v) is 9.15. The van der Waals surface area contributed by atoms with Crippen LogP contribution in [0.2, 0.25) is 0 Å². The zero-order valence-corrected chi connectivity index (χ0v) is 15.1. The van der Waals surface area contributed by atoms with Gasteiger partial charge in [0.25, 0.3) is 0 Å². The second-order valence-electron chi connectivity index (χ2n) is 6.02. The maximum absolute atomic E-state index is 11.5. The van der Waals surface area contributed by atoms with E-state index in [2.05, 4.69) is 28.3 Å². The molecule has 128 valence electrons. The van der Waals surface area contributed by atoms with E-state index in [1.807, 2.05) is 53.3 Å². The van der Waals surface area contributed by atoms with Crippen molar-refractivity contribution in [3.63, 3.8) is 0 Å². The Kier molecular flexibility index (Phi) is 4.46. The van der Waals surface area contributed by atoms with E-state index in [9.17, 15) is 4.79 Å². The van der Waals surface area contributed by atoms with Crippen LogP contribution in [0, 0.1) is 0 Å². The van der Waals surface area contributed by atoms with Crippen LogP contribution in [0.4, 0.5) is 0 Å². The molecule has 0 bridgehead atoms. The molecule has 0 saturated heterocycles. The van der Waals surface area contributed by atoms with Crippen LogP contribution in [0.1, 0.15) is 22.3 Å². The molecule has 0 radical (unpaired) electrons. The van der Waals surface area contributed by atoms with Gasteiger partial charge in [-0.05, 0) is 48.9 Å². The summed E-state index contributed by atoms with van der Waals surface area (Å²) in [6, 6.07) is 20.0. The maximum Gasteiger partial charge on any atom is 0.169 e.